The van der Waals surface area contributed by atoms with E-state index < -0.39 is 11.6 Å². The van der Waals surface area contributed by atoms with Gasteiger partial charge < -0.3 is 19.7 Å². The van der Waals surface area contributed by atoms with E-state index in [0.717, 1.165) is 0 Å². The number of hydrogen-bond donors (Lipinski definition) is 2. The highest BCUT2D eigenvalue weighted by Crippen LogP contribution is 2.56. The van der Waals surface area contributed by atoms with E-state index in [1.54, 1.807) is 30.3 Å². The standard InChI is InChI=1S/C20H12O6/c21-10-5-6-14-16(8-10)25-17-9-11(22)7-15(23)18(17)20(14)13-4-2-1-3-12(13)19(24)26-20/h1-6,8-9,21,23H,7H2. The van der Waals surface area contributed by atoms with Crippen LogP contribution < -0.4 is 4.74 Å². The Labute approximate surface area is 147 Å². The minimum absolute atomic E-state index is 0.0316. The topological polar surface area (TPSA) is 93.1 Å². The first-order valence-corrected chi connectivity index (χ1v) is 8.02. The molecule has 2 N–H and O–H groups in total. The van der Waals surface area contributed by atoms with Crippen LogP contribution in [0.3, 0.4) is 0 Å². The fourth-order valence-corrected chi connectivity index (χ4v) is 3.86. The van der Waals surface area contributed by atoms with Gasteiger partial charge in [-0.2, -0.15) is 0 Å². The van der Waals surface area contributed by atoms with Crippen molar-refractivity contribution in [3.05, 3.63) is 82.3 Å². The quantitative estimate of drug-likeness (QED) is 0.711. The first-order valence-electron chi connectivity index (χ1n) is 8.02. The molecule has 0 saturated heterocycles. The van der Waals surface area contributed by atoms with E-state index in [-0.39, 0.29) is 40.8 Å². The highest BCUT2D eigenvalue weighted by molar-refractivity contribution is 5.99. The molecule has 2 heterocycles. The first-order chi connectivity index (χ1) is 12.5. The highest BCUT2D eigenvalue weighted by Gasteiger charge is 2.57. The molecule has 6 heteroatoms. The molecule has 1 unspecified atom stereocenters. The zero-order valence-electron chi connectivity index (χ0n) is 13.4. The molecule has 1 spiro atoms. The zero-order valence-corrected chi connectivity index (χ0v) is 13.4. The molecule has 0 radical (unpaired) electrons. The second-order valence-electron chi connectivity index (χ2n) is 6.37. The number of phenolic OH excluding ortho intramolecular Hbond substituents is 1. The van der Waals surface area contributed by atoms with Crippen molar-refractivity contribution in [2.45, 2.75) is 12.0 Å². The molecule has 26 heavy (non-hydrogen) atoms. The summed E-state index contributed by atoms with van der Waals surface area (Å²) >= 11 is 0. The number of aliphatic hydroxyl groups excluding tert-OH is 1. The molecule has 0 aromatic heterocycles. The summed E-state index contributed by atoms with van der Waals surface area (Å²) in [5, 5.41) is 20.4. The average molecular weight is 348 g/mol. The van der Waals surface area contributed by atoms with Gasteiger partial charge in [-0.1, -0.05) is 18.2 Å². The lowest BCUT2D eigenvalue weighted by molar-refractivity contribution is -0.114. The molecule has 2 aromatic rings. The Hall–Kier alpha value is -3.54. The normalized spacial score (nSPS) is 23.0. The van der Waals surface area contributed by atoms with Gasteiger partial charge in [0.25, 0.3) is 0 Å². The molecular weight excluding hydrogens is 336 g/mol. The number of allylic oxidation sites excluding steroid dienone is 2. The molecule has 2 aliphatic heterocycles. The summed E-state index contributed by atoms with van der Waals surface area (Å²) in [4.78, 5) is 24.5. The van der Waals surface area contributed by atoms with E-state index in [1.165, 1.54) is 18.2 Å². The van der Waals surface area contributed by atoms with Gasteiger partial charge in [0.2, 0.25) is 0 Å². The van der Waals surface area contributed by atoms with Crippen LogP contribution in [0.15, 0.2) is 65.6 Å². The summed E-state index contributed by atoms with van der Waals surface area (Å²) < 4.78 is 11.6. The van der Waals surface area contributed by atoms with Crippen LogP contribution >= 0.6 is 0 Å². The lowest BCUT2D eigenvalue weighted by Gasteiger charge is -2.39. The lowest BCUT2D eigenvalue weighted by atomic mass is 9.74. The predicted molar refractivity (Wildman–Crippen MR) is 88.7 cm³/mol. The number of hydrogen-bond acceptors (Lipinski definition) is 6. The van der Waals surface area contributed by atoms with Gasteiger partial charge in [-0.25, -0.2) is 4.79 Å². The molecule has 1 aliphatic carbocycles. The molecule has 6 nitrogen and oxygen atoms in total. The largest absolute Gasteiger partial charge is 0.511 e. The van der Waals surface area contributed by atoms with Gasteiger partial charge in [-0.3, -0.25) is 4.79 Å². The Morgan fingerprint density at radius 2 is 1.81 bits per heavy atom. The van der Waals surface area contributed by atoms with Crippen molar-refractivity contribution >= 4 is 11.8 Å². The molecule has 1 atom stereocenters. The van der Waals surface area contributed by atoms with E-state index in [9.17, 15) is 19.8 Å². The van der Waals surface area contributed by atoms with Gasteiger partial charge in [-0.15, -0.1) is 0 Å². The fourth-order valence-electron chi connectivity index (χ4n) is 3.86. The molecule has 3 aliphatic rings. The first kappa shape index (κ1) is 14.8. The second-order valence-corrected chi connectivity index (χ2v) is 6.37. The van der Waals surface area contributed by atoms with Gasteiger partial charge >= 0.3 is 5.97 Å². The van der Waals surface area contributed by atoms with E-state index >= 15 is 0 Å². The van der Waals surface area contributed by atoms with E-state index in [4.69, 9.17) is 9.47 Å². The van der Waals surface area contributed by atoms with Crippen LogP contribution in [0.2, 0.25) is 0 Å². The monoisotopic (exact) mass is 348 g/mol. The van der Waals surface area contributed by atoms with Crippen LogP contribution in [-0.4, -0.2) is 22.0 Å². The summed E-state index contributed by atoms with van der Waals surface area (Å²) in [6.07, 6.45) is 1.08. The minimum atomic E-state index is -1.43. The number of carbonyl (C=O) groups is 2. The van der Waals surface area contributed by atoms with E-state index in [0.29, 0.717) is 16.7 Å². The maximum atomic E-state index is 12.6. The third-order valence-corrected chi connectivity index (χ3v) is 4.86. The Bertz CT molecular complexity index is 1080. The van der Waals surface area contributed by atoms with Gasteiger partial charge in [0, 0.05) is 23.3 Å². The molecule has 2 aromatic carbocycles. The van der Waals surface area contributed by atoms with Crippen LogP contribution in [0, 0.1) is 0 Å². The number of aliphatic hydroxyl groups is 1. The molecule has 128 valence electrons. The van der Waals surface area contributed by atoms with E-state index in [2.05, 4.69) is 0 Å². The molecular formula is C20H12O6. The number of fused-ring (bicyclic) bond motifs is 6. The maximum absolute atomic E-state index is 12.6. The SMILES string of the molecule is O=C1C=C2Oc3cc(O)ccc3C3(OC(=O)c4ccccc43)C2=C(O)C1. The van der Waals surface area contributed by atoms with Crippen LogP contribution in [0.5, 0.6) is 11.5 Å². The van der Waals surface area contributed by atoms with Gasteiger partial charge in [-0.05, 0) is 18.2 Å². The smallest absolute Gasteiger partial charge is 0.340 e. The Kier molecular flexibility index (Phi) is 2.70. The van der Waals surface area contributed by atoms with Crippen molar-refractivity contribution in [1.29, 1.82) is 0 Å². The number of ether oxygens (including phenoxy) is 2. The molecule has 0 saturated carbocycles. The van der Waals surface area contributed by atoms with Crippen molar-refractivity contribution in [2.75, 3.05) is 0 Å². The number of aromatic hydroxyl groups is 1. The number of ketones is 1. The number of carbonyl (C=O) groups excluding carboxylic acids is 2. The summed E-state index contributed by atoms with van der Waals surface area (Å²) in [7, 11) is 0. The summed E-state index contributed by atoms with van der Waals surface area (Å²) in [5.41, 5.74) is 0.230. The molecule has 0 bridgehead atoms. The third-order valence-electron chi connectivity index (χ3n) is 4.86. The maximum Gasteiger partial charge on any atom is 0.340 e. The molecule has 5 rings (SSSR count). The van der Waals surface area contributed by atoms with Crippen LogP contribution in [0.25, 0.3) is 0 Å². The van der Waals surface area contributed by atoms with Crippen molar-refractivity contribution in [3.63, 3.8) is 0 Å². The minimum Gasteiger partial charge on any atom is -0.511 e. The zero-order chi connectivity index (χ0) is 18.1. The van der Waals surface area contributed by atoms with Crippen LogP contribution in [0.1, 0.15) is 27.9 Å². The van der Waals surface area contributed by atoms with Crippen molar-refractivity contribution < 1.29 is 29.3 Å². The summed E-state index contributed by atoms with van der Waals surface area (Å²) in [5.74, 6) is -0.712. The van der Waals surface area contributed by atoms with Crippen LogP contribution in [0.4, 0.5) is 0 Å². The second kappa shape index (κ2) is 4.76. The molecule has 0 amide bonds. The highest BCUT2D eigenvalue weighted by atomic mass is 16.6. The van der Waals surface area contributed by atoms with Gasteiger partial charge in [0.05, 0.1) is 17.6 Å². The summed E-state index contributed by atoms with van der Waals surface area (Å²) in [6, 6.07) is 11.3. The number of rotatable bonds is 0. The lowest BCUT2D eigenvalue weighted by Crippen LogP contribution is -2.38. The van der Waals surface area contributed by atoms with Crippen molar-refractivity contribution in [3.8, 4) is 11.5 Å². The number of esters is 1. The Balaban J connectivity index is 1.92. The fraction of sp³-hybridized carbons (Fsp3) is 0.100. The molecule has 0 fully saturated rings. The number of benzene rings is 2. The van der Waals surface area contributed by atoms with Gasteiger partial charge in [0.1, 0.15) is 23.0 Å². The van der Waals surface area contributed by atoms with Crippen molar-refractivity contribution in [2.24, 2.45) is 0 Å². The Morgan fingerprint density at radius 1 is 1.00 bits per heavy atom. The Morgan fingerprint density at radius 3 is 2.65 bits per heavy atom. The average Bonchev–Trinajstić information content (AvgIpc) is 2.88. The van der Waals surface area contributed by atoms with E-state index in [1.807, 2.05) is 0 Å². The number of phenols is 1. The predicted octanol–water partition coefficient (Wildman–Crippen LogP) is 2.87. The van der Waals surface area contributed by atoms with Crippen molar-refractivity contribution in [1.82, 2.24) is 0 Å². The van der Waals surface area contributed by atoms with Crippen LogP contribution in [-0.2, 0) is 15.1 Å². The van der Waals surface area contributed by atoms with Gasteiger partial charge in [0.15, 0.2) is 11.4 Å². The summed E-state index contributed by atoms with van der Waals surface area (Å²) in [6.45, 7) is 0. The third kappa shape index (κ3) is 1.70.